The van der Waals surface area contributed by atoms with Crippen molar-refractivity contribution in [1.29, 1.82) is 0 Å². The molecule has 0 aromatic carbocycles. The number of rotatable bonds is 4. The molecule has 1 aromatic heterocycles. The second-order valence-electron chi connectivity index (χ2n) is 6.45. The Kier molecular flexibility index (Phi) is 6.14. The van der Waals surface area contributed by atoms with Gasteiger partial charge in [0.05, 0.1) is 17.8 Å². The van der Waals surface area contributed by atoms with E-state index >= 15 is 0 Å². The Morgan fingerprint density at radius 3 is 2.71 bits per heavy atom. The monoisotopic (exact) mass is 334 g/mol. The minimum atomic E-state index is -0.633. The first kappa shape index (κ1) is 18.2. The Bertz CT molecular complexity index is 609. The largest absolute Gasteiger partial charge is 0.391 e. The van der Waals surface area contributed by atoms with E-state index in [1.54, 1.807) is 21.9 Å². The number of hydrogen-bond donors (Lipinski definition) is 2. The minimum Gasteiger partial charge on any atom is -0.391 e. The molecule has 1 aromatic rings. The maximum absolute atomic E-state index is 12.3. The van der Waals surface area contributed by atoms with Crippen molar-refractivity contribution in [3.63, 3.8) is 0 Å². The zero-order valence-electron chi connectivity index (χ0n) is 14.5. The third-order valence-electron chi connectivity index (χ3n) is 4.29. The Morgan fingerprint density at radius 2 is 2.08 bits per heavy atom. The molecule has 1 aliphatic rings. The fourth-order valence-electron chi connectivity index (χ4n) is 2.64. The number of amides is 2. The summed E-state index contributed by atoms with van der Waals surface area (Å²) in [7, 11) is 1.81. The molecule has 0 unspecified atom stereocenters. The number of nitrogens with zero attached hydrogens (tertiary/aromatic N) is 3. The number of nitrogens with one attached hydrogen (secondary N) is 1. The normalized spacial score (nSPS) is 22.0. The highest BCUT2D eigenvalue weighted by molar-refractivity contribution is 5.91. The molecule has 2 atom stereocenters. The van der Waals surface area contributed by atoms with Gasteiger partial charge in [0.15, 0.2) is 0 Å². The number of hydrogen-bond acceptors (Lipinski definition) is 4. The topological polar surface area (TPSA) is 87.5 Å². The van der Waals surface area contributed by atoms with Crippen LogP contribution >= 0.6 is 0 Å². The van der Waals surface area contributed by atoms with Gasteiger partial charge in [-0.25, -0.2) is 0 Å². The summed E-state index contributed by atoms with van der Waals surface area (Å²) < 4.78 is 1.69. The van der Waals surface area contributed by atoms with Crippen molar-refractivity contribution < 1.29 is 14.7 Å². The number of aliphatic hydroxyl groups excluding tert-OH is 1. The number of aromatic nitrogens is 2. The first-order valence-electron chi connectivity index (χ1n) is 8.32. The van der Waals surface area contributed by atoms with Crippen molar-refractivity contribution in [2.45, 2.75) is 38.8 Å². The van der Waals surface area contributed by atoms with Crippen molar-refractivity contribution in [2.75, 3.05) is 13.1 Å². The smallest absolute Gasteiger partial charge is 0.246 e. The predicted octanol–water partition coefficient (Wildman–Crippen LogP) is 0.557. The van der Waals surface area contributed by atoms with Gasteiger partial charge in [0.25, 0.3) is 0 Å². The molecule has 1 saturated heterocycles. The molecule has 1 aliphatic heterocycles. The van der Waals surface area contributed by atoms with Gasteiger partial charge < -0.3 is 15.3 Å². The summed E-state index contributed by atoms with van der Waals surface area (Å²) in [5.74, 6) is -0.297. The van der Waals surface area contributed by atoms with Crippen molar-refractivity contribution in [3.05, 3.63) is 24.0 Å². The van der Waals surface area contributed by atoms with Crippen LogP contribution in [0.3, 0.4) is 0 Å². The van der Waals surface area contributed by atoms with E-state index in [1.165, 1.54) is 6.08 Å². The average molecular weight is 334 g/mol. The molecular weight excluding hydrogens is 308 g/mol. The van der Waals surface area contributed by atoms with Gasteiger partial charge in [-0.1, -0.05) is 13.8 Å². The van der Waals surface area contributed by atoms with E-state index in [2.05, 4.69) is 10.4 Å². The fraction of sp³-hybridized carbons (Fsp3) is 0.588. The van der Waals surface area contributed by atoms with Crippen LogP contribution in [0.2, 0.25) is 0 Å². The SMILES string of the molecule is CC(C)C(=O)N[C@H]1CCN(C(=O)/C=C/c2ccnn2C)CC[C@@H]1O. The molecule has 7 heteroatoms. The summed E-state index contributed by atoms with van der Waals surface area (Å²) in [6, 6.07) is 1.52. The first-order valence-corrected chi connectivity index (χ1v) is 8.32. The summed E-state index contributed by atoms with van der Waals surface area (Å²) in [5, 5.41) is 17.1. The van der Waals surface area contributed by atoms with Gasteiger partial charge in [-0.05, 0) is 25.0 Å². The average Bonchev–Trinajstić information content (AvgIpc) is 2.86. The van der Waals surface area contributed by atoms with Gasteiger partial charge in [0, 0.05) is 38.3 Å². The van der Waals surface area contributed by atoms with E-state index in [9.17, 15) is 14.7 Å². The van der Waals surface area contributed by atoms with E-state index in [0.717, 1.165) is 5.69 Å². The highest BCUT2D eigenvalue weighted by atomic mass is 16.3. The summed E-state index contributed by atoms with van der Waals surface area (Å²) in [6.07, 6.45) is 5.30. The number of aliphatic hydroxyl groups is 1. The molecular formula is C17H26N4O3. The predicted molar refractivity (Wildman–Crippen MR) is 90.8 cm³/mol. The zero-order valence-corrected chi connectivity index (χ0v) is 14.5. The summed E-state index contributed by atoms with van der Waals surface area (Å²) >= 11 is 0. The molecule has 7 nitrogen and oxygen atoms in total. The number of aryl methyl sites for hydroxylation is 1. The molecule has 2 rings (SSSR count). The Hall–Kier alpha value is -2.15. The zero-order chi connectivity index (χ0) is 17.7. The van der Waals surface area contributed by atoms with Gasteiger partial charge in [-0.15, -0.1) is 0 Å². The highest BCUT2D eigenvalue weighted by Crippen LogP contribution is 2.14. The Morgan fingerprint density at radius 1 is 1.38 bits per heavy atom. The summed E-state index contributed by atoms with van der Waals surface area (Å²) in [4.78, 5) is 25.9. The van der Waals surface area contributed by atoms with Gasteiger partial charge in [-0.2, -0.15) is 5.10 Å². The van der Waals surface area contributed by atoms with E-state index in [4.69, 9.17) is 0 Å². The molecule has 0 spiro atoms. The lowest BCUT2D eigenvalue weighted by molar-refractivity contribution is -0.126. The van der Waals surface area contributed by atoms with Crippen molar-refractivity contribution in [3.8, 4) is 0 Å². The number of carbonyl (C=O) groups is 2. The van der Waals surface area contributed by atoms with E-state index in [1.807, 2.05) is 27.0 Å². The van der Waals surface area contributed by atoms with Gasteiger partial charge in [-0.3, -0.25) is 14.3 Å². The molecule has 2 heterocycles. The molecule has 0 radical (unpaired) electrons. The van der Waals surface area contributed by atoms with Gasteiger partial charge in [0.1, 0.15) is 0 Å². The van der Waals surface area contributed by atoms with Crippen molar-refractivity contribution in [1.82, 2.24) is 20.0 Å². The standard InChI is InChI=1S/C17H26N4O3/c1-12(2)17(24)19-14-7-10-21(11-8-15(14)22)16(23)5-4-13-6-9-18-20(13)3/h4-6,9,12,14-15,22H,7-8,10-11H2,1-3H3,(H,19,24)/b5-4+/t14-,15-/m0/s1. The lowest BCUT2D eigenvalue weighted by Crippen LogP contribution is -2.44. The van der Waals surface area contributed by atoms with Crippen LogP contribution in [0.4, 0.5) is 0 Å². The maximum Gasteiger partial charge on any atom is 0.246 e. The van der Waals surface area contributed by atoms with Crippen LogP contribution in [0.1, 0.15) is 32.4 Å². The lowest BCUT2D eigenvalue weighted by Gasteiger charge is -2.22. The summed E-state index contributed by atoms with van der Waals surface area (Å²) in [5.41, 5.74) is 0.847. The summed E-state index contributed by atoms with van der Waals surface area (Å²) in [6.45, 7) is 4.62. The Balaban J connectivity index is 1.94. The van der Waals surface area contributed by atoms with Crippen LogP contribution in [0, 0.1) is 5.92 Å². The maximum atomic E-state index is 12.3. The Labute approximate surface area is 142 Å². The second kappa shape index (κ2) is 8.10. The third kappa shape index (κ3) is 4.67. The third-order valence-corrected chi connectivity index (χ3v) is 4.29. The number of carbonyl (C=O) groups excluding carboxylic acids is 2. The van der Waals surface area contributed by atoms with Crippen molar-refractivity contribution in [2.24, 2.45) is 13.0 Å². The minimum absolute atomic E-state index is 0.0741. The second-order valence-corrected chi connectivity index (χ2v) is 6.45. The van der Waals surface area contributed by atoms with E-state index in [0.29, 0.717) is 25.9 Å². The van der Waals surface area contributed by atoms with Gasteiger partial charge >= 0.3 is 0 Å². The molecule has 132 valence electrons. The quantitative estimate of drug-likeness (QED) is 0.788. The van der Waals surface area contributed by atoms with Crippen LogP contribution in [0.5, 0.6) is 0 Å². The van der Waals surface area contributed by atoms with Crippen LogP contribution in [-0.2, 0) is 16.6 Å². The molecule has 24 heavy (non-hydrogen) atoms. The molecule has 1 fully saturated rings. The van der Waals surface area contributed by atoms with Crippen LogP contribution in [0.15, 0.2) is 18.3 Å². The van der Waals surface area contributed by atoms with E-state index < -0.39 is 6.10 Å². The molecule has 2 N–H and O–H groups in total. The first-order chi connectivity index (χ1) is 11.4. The van der Waals surface area contributed by atoms with Crippen LogP contribution in [-0.4, -0.2) is 56.8 Å². The lowest BCUT2D eigenvalue weighted by atomic mass is 10.1. The highest BCUT2D eigenvalue weighted by Gasteiger charge is 2.27. The molecule has 0 bridgehead atoms. The molecule has 0 saturated carbocycles. The number of likely N-dealkylation sites (tertiary alicyclic amines) is 1. The molecule has 2 amide bonds. The van der Waals surface area contributed by atoms with Crippen molar-refractivity contribution >= 4 is 17.9 Å². The van der Waals surface area contributed by atoms with Crippen LogP contribution in [0.25, 0.3) is 6.08 Å². The van der Waals surface area contributed by atoms with Crippen LogP contribution < -0.4 is 5.32 Å². The molecule has 0 aliphatic carbocycles. The van der Waals surface area contributed by atoms with Gasteiger partial charge in [0.2, 0.25) is 11.8 Å². The van der Waals surface area contributed by atoms with E-state index in [-0.39, 0.29) is 23.8 Å². The fourth-order valence-corrected chi connectivity index (χ4v) is 2.64.